The topological polar surface area (TPSA) is 61.4 Å². The Hall–Kier alpha value is -1.03. The van der Waals surface area contributed by atoms with Gasteiger partial charge in [-0.25, -0.2) is 0 Å². The molecule has 0 heterocycles. The van der Waals surface area contributed by atoms with Crippen LogP contribution in [0, 0.1) is 0 Å². The molecule has 0 saturated heterocycles. The number of nitrogens with one attached hydrogen (secondary N) is 2. The van der Waals surface area contributed by atoms with Crippen LogP contribution in [0.1, 0.15) is 20.8 Å². The molecule has 0 spiro atoms. The maximum Gasteiger partial charge on any atom is 0.215 e. The van der Waals surface area contributed by atoms with Crippen molar-refractivity contribution in [3.63, 3.8) is 0 Å². The molecule has 1 aliphatic carbocycles. The number of aliphatic hydroxyl groups excluding tert-OH is 1. The zero-order valence-electron chi connectivity index (χ0n) is 8.43. The first-order valence-electron chi connectivity index (χ1n) is 4.29. The quantitative estimate of drug-likeness (QED) is 0.554. The summed E-state index contributed by atoms with van der Waals surface area (Å²) in [5.74, 6) is -0.237. The highest BCUT2D eigenvalue weighted by Crippen LogP contribution is 2.21. The van der Waals surface area contributed by atoms with Crippen molar-refractivity contribution in [1.82, 2.24) is 10.6 Å². The molecule has 1 aliphatic rings. The van der Waals surface area contributed by atoms with Gasteiger partial charge in [-0.3, -0.25) is 4.79 Å². The molecule has 1 unspecified atom stereocenters. The van der Waals surface area contributed by atoms with Crippen LogP contribution in [-0.4, -0.2) is 29.6 Å². The van der Waals surface area contributed by atoms with Crippen LogP contribution < -0.4 is 10.6 Å². The number of likely N-dealkylation sites (N-methyl/N-ethyl adjacent to an activating group) is 1. The van der Waals surface area contributed by atoms with E-state index in [0.717, 1.165) is 0 Å². The third kappa shape index (κ3) is 1.83. The highest BCUT2D eigenvalue weighted by atomic mass is 16.3. The summed E-state index contributed by atoms with van der Waals surface area (Å²) in [6.45, 7) is 5.89. The predicted molar refractivity (Wildman–Crippen MR) is 50.0 cm³/mol. The zero-order chi connectivity index (χ0) is 10.2. The number of rotatable bonds is 2. The minimum Gasteiger partial charge on any atom is -0.387 e. The van der Waals surface area contributed by atoms with Crippen LogP contribution in [0.15, 0.2) is 11.4 Å². The lowest BCUT2D eigenvalue weighted by Gasteiger charge is -2.33. The molecule has 4 heteroatoms. The molecule has 0 aromatic carbocycles. The van der Waals surface area contributed by atoms with E-state index in [1.165, 1.54) is 0 Å². The zero-order valence-corrected chi connectivity index (χ0v) is 8.43. The molecule has 3 N–H and O–H groups in total. The minimum absolute atomic E-state index is 0.159. The molecule has 0 bridgehead atoms. The highest BCUT2D eigenvalue weighted by molar-refractivity contribution is 6.07. The van der Waals surface area contributed by atoms with E-state index in [4.69, 9.17) is 0 Å². The summed E-state index contributed by atoms with van der Waals surface area (Å²) in [6.07, 6.45) is -0.963. The van der Waals surface area contributed by atoms with E-state index >= 15 is 0 Å². The molecule has 1 atom stereocenters. The second kappa shape index (κ2) is 3.03. The van der Waals surface area contributed by atoms with Gasteiger partial charge in [-0.2, -0.15) is 0 Å². The van der Waals surface area contributed by atoms with Crippen LogP contribution in [0.5, 0.6) is 0 Å². The van der Waals surface area contributed by atoms with Gasteiger partial charge in [0, 0.05) is 12.6 Å². The Bertz CT molecular complexity index is 263. The van der Waals surface area contributed by atoms with Gasteiger partial charge in [0.15, 0.2) is 6.10 Å². The van der Waals surface area contributed by atoms with Gasteiger partial charge in [-0.1, -0.05) is 0 Å². The molecule has 0 saturated carbocycles. The van der Waals surface area contributed by atoms with E-state index in [1.807, 2.05) is 20.8 Å². The lowest BCUT2D eigenvalue weighted by Crippen LogP contribution is -2.51. The van der Waals surface area contributed by atoms with Crippen molar-refractivity contribution in [3.8, 4) is 0 Å². The minimum atomic E-state index is -0.963. The van der Waals surface area contributed by atoms with E-state index < -0.39 is 6.10 Å². The number of carbonyl (C=O) groups is 1. The molecular weight excluding hydrogens is 168 g/mol. The lowest BCUT2D eigenvalue weighted by molar-refractivity contribution is -0.125. The van der Waals surface area contributed by atoms with E-state index in [0.29, 0.717) is 11.4 Å². The first-order chi connectivity index (χ1) is 5.87. The summed E-state index contributed by atoms with van der Waals surface area (Å²) in [5.41, 5.74) is 0.926. The van der Waals surface area contributed by atoms with Crippen molar-refractivity contribution in [3.05, 3.63) is 11.4 Å². The normalized spacial score (nSPS) is 22.8. The number of Topliss-reactive ketones (excluding diaryl/α,β-unsaturated/α-hetero) is 1. The van der Waals surface area contributed by atoms with Crippen molar-refractivity contribution >= 4 is 5.78 Å². The molecule has 74 valence electrons. The molecule has 13 heavy (non-hydrogen) atoms. The Morgan fingerprint density at radius 1 is 1.38 bits per heavy atom. The van der Waals surface area contributed by atoms with E-state index in [1.54, 1.807) is 7.05 Å². The molecule has 0 amide bonds. The summed E-state index contributed by atoms with van der Waals surface area (Å²) >= 11 is 0. The second-order valence-corrected chi connectivity index (χ2v) is 4.18. The summed E-state index contributed by atoms with van der Waals surface area (Å²) in [6, 6.07) is 0. The van der Waals surface area contributed by atoms with Crippen LogP contribution in [0.2, 0.25) is 0 Å². The van der Waals surface area contributed by atoms with Gasteiger partial charge in [-0.05, 0) is 20.8 Å². The fourth-order valence-corrected chi connectivity index (χ4v) is 1.23. The molecule has 0 fully saturated rings. The first kappa shape index (κ1) is 10.1. The van der Waals surface area contributed by atoms with E-state index in [9.17, 15) is 9.90 Å². The maximum atomic E-state index is 11.2. The fourth-order valence-electron chi connectivity index (χ4n) is 1.23. The van der Waals surface area contributed by atoms with Gasteiger partial charge < -0.3 is 15.7 Å². The molecule has 0 aromatic heterocycles. The highest BCUT2D eigenvalue weighted by Gasteiger charge is 2.38. The van der Waals surface area contributed by atoms with E-state index in [2.05, 4.69) is 10.6 Å². The first-order valence-corrected chi connectivity index (χ1v) is 4.29. The van der Waals surface area contributed by atoms with Crippen molar-refractivity contribution in [1.29, 1.82) is 0 Å². The van der Waals surface area contributed by atoms with E-state index in [-0.39, 0.29) is 11.3 Å². The number of aliphatic hydroxyl groups is 1. The number of hydrogen-bond donors (Lipinski definition) is 3. The number of ketones is 1. The monoisotopic (exact) mass is 184 g/mol. The summed E-state index contributed by atoms with van der Waals surface area (Å²) in [5, 5.41) is 15.1. The van der Waals surface area contributed by atoms with Crippen LogP contribution in [-0.2, 0) is 4.79 Å². The standard InChI is InChI=1S/C9H16N2O2/c1-9(2,3)11-6-5(10-4)7(12)8(6)13/h7,10-12H,1-4H3. The second-order valence-electron chi connectivity index (χ2n) is 4.18. The van der Waals surface area contributed by atoms with Gasteiger partial charge in [0.25, 0.3) is 0 Å². The van der Waals surface area contributed by atoms with Crippen LogP contribution in [0.4, 0.5) is 0 Å². The number of hydrogen-bond acceptors (Lipinski definition) is 4. The summed E-state index contributed by atoms with van der Waals surface area (Å²) in [4.78, 5) is 11.2. The molecule has 0 radical (unpaired) electrons. The SMILES string of the molecule is CNC1=C(NC(C)(C)C)C(=O)C1O. The average molecular weight is 184 g/mol. The third-order valence-electron chi connectivity index (χ3n) is 1.81. The lowest BCUT2D eigenvalue weighted by atomic mass is 9.93. The summed E-state index contributed by atoms with van der Waals surface area (Å²) < 4.78 is 0. The number of carbonyl (C=O) groups excluding carboxylic acids is 1. The van der Waals surface area contributed by atoms with Crippen LogP contribution >= 0.6 is 0 Å². The third-order valence-corrected chi connectivity index (χ3v) is 1.81. The summed E-state index contributed by atoms with van der Waals surface area (Å²) in [7, 11) is 1.69. The Labute approximate surface area is 78.0 Å². The molecule has 4 nitrogen and oxygen atoms in total. The average Bonchev–Trinajstić information content (AvgIpc) is 2.01. The predicted octanol–water partition coefficient (Wildman–Crippen LogP) is -0.251. The Morgan fingerprint density at radius 2 is 1.92 bits per heavy atom. The largest absolute Gasteiger partial charge is 0.387 e. The Morgan fingerprint density at radius 3 is 2.31 bits per heavy atom. The maximum absolute atomic E-state index is 11.2. The van der Waals surface area contributed by atoms with Crippen molar-refractivity contribution < 1.29 is 9.90 Å². The van der Waals surface area contributed by atoms with Crippen molar-refractivity contribution in [2.75, 3.05) is 7.05 Å². The molecule has 1 rings (SSSR count). The smallest absolute Gasteiger partial charge is 0.215 e. The molecular formula is C9H16N2O2. The Kier molecular flexibility index (Phi) is 2.34. The van der Waals surface area contributed by atoms with Crippen LogP contribution in [0.3, 0.4) is 0 Å². The van der Waals surface area contributed by atoms with Gasteiger partial charge in [0.2, 0.25) is 5.78 Å². The van der Waals surface area contributed by atoms with Gasteiger partial charge in [0.05, 0.1) is 5.70 Å². The fraction of sp³-hybridized carbons (Fsp3) is 0.667. The Balaban J connectivity index is 2.80. The van der Waals surface area contributed by atoms with Crippen molar-refractivity contribution in [2.45, 2.75) is 32.4 Å². The van der Waals surface area contributed by atoms with Gasteiger partial charge in [-0.15, -0.1) is 0 Å². The van der Waals surface area contributed by atoms with Gasteiger partial charge in [0.1, 0.15) is 5.70 Å². The van der Waals surface area contributed by atoms with Crippen LogP contribution in [0.25, 0.3) is 0 Å². The molecule has 0 aliphatic heterocycles. The molecule has 0 aromatic rings. The van der Waals surface area contributed by atoms with Gasteiger partial charge >= 0.3 is 0 Å². The van der Waals surface area contributed by atoms with Crippen molar-refractivity contribution in [2.24, 2.45) is 0 Å².